The molecule has 0 aliphatic carbocycles. The van der Waals surface area contributed by atoms with E-state index in [2.05, 4.69) is 0 Å². The first-order valence-electron chi connectivity index (χ1n) is 5.60. The van der Waals surface area contributed by atoms with E-state index in [4.69, 9.17) is 9.05 Å². The van der Waals surface area contributed by atoms with E-state index in [0.717, 1.165) is 11.1 Å². The molecular weight excluding hydrogens is 259 g/mol. The molecule has 0 fully saturated rings. The van der Waals surface area contributed by atoms with Crippen molar-refractivity contribution in [1.82, 2.24) is 0 Å². The van der Waals surface area contributed by atoms with E-state index >= 15 is 0 Å². The van der Waals surface area contributed by atoms with Crippen LogP contribution in [-0.4, -0.2) is 0 Å². The molecule has 0 amide bonds. The highest BCUT2D eigenvalue weighted by Crippen LogP contribution is 2.30. The minimum Gasteiger partial charge on any atom is -0.222 e. The molecule has 0 heterocycles. The van der Waals surface area contributed by atoms with E-state index in [1.807, 2.05) is 38.1 Å². The van der Waals surface area contributed by atoms with E-state index < -0.39 is 8.25 Å². The van der Waals surface area contributed by atoms with Crippen molar-refractivity contribution in [3.8, 4) is 11.5 Å². The van der Waals surface area contributed by atoms with E-state index in [0.29, 0.717) is 11.5 Å². The fourth-order valence-corrected chi connectivity index (χ4v) is 2.01. The molecule has 4 heteroatoms. The summed E-state index contributed by atoms with van der Waals surface area (Å²) in [6.07, 6.45) is 0. The molecule has 0 atom stereocenters. The Kier molecular flexibility index (Phi) is 5.53. The quantitative estimate of drug-likeness (QED) is 0.733. The Bertz CT molecular complexity index is 483. The zero-order valence-corrected chi connectivity index (χ0v) is 11.2. The van der Waals surface area contributed by atoms with E-state index in [-0.39, 0.29) is 7.43 Å². The number of rotatable bonds is 4. The zero-order valence-electron chi connectivity index (χ0n) is 10.3. The van der Waals surface area contributed by atoms with Gasteiger partial charge < -0.3 is 0 Å². The molecular formula is C15H18O3P+. The lowest BCUT2D eigenvalue weighted by atomic mass is 10.2. The van der Waals surface area contributed by atoms with Crippen LogP contribution in [-0.2, 0) is 4.57 Å². The van der Waals surface area contributed by atoms with Gasteiger partial charge >= 0.3 is 8.25 Å². The van der Waals surface area contributed by atoms with Crippen LogP contribution in [0, 0.1) is 13.8 Å². The molecule has 2 aromatic carbocycles. The first-order valence-corrected chi connectivity index (χ1v) is 6.69. The lowest BCUT2D eigenvalue weighted by molar-refractivity contribution is 0.415. The first-order chi connectivity index (χ1) is 8.63. The van der Waals surface area contributed by atoms with Gasteiger partial charge in [-0.05, 0) is 38.1 Å². The summed E-state index contributed by atoms with van der Waals surface area (Å²) >= 11 is 0. The lowest BCUT2D eigenvalue weighted by Crippen LogP contribution is -1.89. The number of aryl methyl sites for hydroxylation is 2. The summed E-state index contributed by atoms with van der Waals surface area (Å²) in [6.45, 7) is 3.96. The third kappa shape index (κ3) is 4.72. The summed E-state index contributed by atoms with van der Waals surface area (Å²) < 4.78 is 22.0. The van der Waals surface area contributed by atoms with Gasteiger partial charge in [-0.1, -0.05) is 42.8 Å². The highest BCUT2D eigenvalue weighted by atomic mass is 31.1. The lowest BCUT2D eigenvalue weighted by Gasteiger charge is -1.96. The predicted octanol–water partition coefficient (Wildman–Crippen LogP) is 5.05. The molecule has 0 aliphatic rings. The largest absolute Gasteiger partial charge is 0.805 e. The molecule has 3 nitrogen and oxygen atoms in total. The summed E-state index contributed by atoms with van der Waals surface area (Å²) in [6, 6.07) is 14.6. The summed E-state index contributed by atoms with van der Waals surface area (Å²) in [4.78, 5) is 0. The van der Waals surface area contributed by atoms with Gasteiger partial charge in [0.1, 0.15) is 0 Å². The molecule has 0 aliphatic heterocycles. The van der Waals surface area contributed by atoms with Gasteiger partial charge in [0, 0.05) is 4.57 Å². The van der Waals surface area contributed by atoms with Gasteiger partial charge in [-0.2, -0.15) is 0 Å². The standard InChI is InChI=1S/C14H14O3P.CH4/c1-11-3-7-13(8-4-11)16-18(15)17-14-9-5-12(2)6-10-14;/h3-10H,1-2H3;1H4/q+1;. The summed E-state index contributed by atoms with van der Waals surface area (Å²) in [5, 5.41) is 0. The fourth-order valence-electron chi connectivity index (χ4n) is 1.39. The van der Waals surface area contributed by atoms with Gasteiger partial charge in [-0.15, -0.1) is 0 Å². The zero-order chi connectivity index (χ0) is 13.0. The van der Waals surface area contributed by atoms with Crippen LogP contribution in [0.25, 0.3) is 0 Å². The van der Waals surface area contributed by atoms with Crippen LogP contribution in [0.2, 0.25) is 0 Å². The number of hydrogen-bond acceptors (Lipinski definition) is 3. The van der Waals surface area contributed by atoms with Crippen molar-refractivity contribution < 1.29 is 13.6 Å². The third-order valence-corrected chi connectivity index (χ3v) is 3.12. The number of benzene rings is 2. The molecule has 0 spiro atoms. The maximum absolute atomic E-state index is 11.7. The van der Waals surface area contributed by atoms with Gasteiger partial charge in [0.25, 0.3) is 0 Å². The first kappa shape index (κ1) is 15.2. The van der Waals surface area contributed by atoms with Crippen LogP contribution < -0.4 is 9.05 Å². The highest BCUT2D eigenvalue weighted by Gasteiger charge is 2.23. The molecule has 0 bridgehead atoms. The van der Waals surface area contributed by atoms with Crippen LogP contribution in [0.3, 0.4) is 0 Å². The molecule has 0 unspecified atom stereocenters. The topological polar surface area (TPSA) is 35.5 Å². The van der Waals surface area contributed by atoms with Crippen molar-refractivity contribution in [2.45, 2.75) is 21.3 Å². The van der Waals surface area contributed by atoms with Crippen molar-refractivity contribution in [3.63, 3.8) is 0 Å². The van der Waals surface area contributed by atoms with Gasteiger partial charge in [0.15, 0.2) is 11.5 Å². The second-order valence-corrected chi connectivity index (χ2v) is 4.84. The minimum atomic E-state index is -2.20. The molecule has 100 valence electrons. The van der Waals surface area contributed by atoms with E-state index in [9.17, 15) is 4.57 Å². The minimum absolute atomic E-state index is 0. The molecule has 0 saturated carbocycles. The molecule has 0 saturated heterocycles. The summed E-state index contributed by atoms with van der Waals surface area (Å²) in [5.74, 6) is 1.07. The Morgan fingerprint density at radius 3 is 1.37 bits per heavy atom. The van der Waals surface area contributed by atoms with Gasteiger partial charge in [0.2, 0.25) is 0 Å². The van der Waals surface area contributed by atoms with Crippen molar-refractivity contribution in [1.29, 1.82) is 0 Å². The fraction of sp³-hybridized carbons (Fsp3) is 0.200. The Balaban J connectivity index is 0.00000180. The second-order valence-electron chi connectivity index (χ2n) is 4.03. The van der Waals surface area contributed by atoms with Crippen molar-refractivity contribution >= 4 is 8.25 Å². The third-order valence-electron chi connectivity index (χ3n) is 2.40. The van der Waals surface area contributed by atoms with Crippen LogP contribution >= 0.6 is 8.25 Å². The SMILES string of the molecule is C.Cc1ccc(O[P+](=O)Oc2ccc(C)cc2)cc1. The average molecular weight is 277 g/mol. The monoisotopic (exact) mass is 277 g/mol. The van der Waals surface area contributed by atoms with Gasteiger partial charge in [-0.3, -0.25) is 0 Å². The molecule has 0 radical (unpaired) electrons. The van der Waals surface area contributed by atoms with Gasteiger partial charge in [-0.25, -0.2) is 9.05 Å². The van der Waals surface area contributed by atoms with Crippen molar-refractivity contribution in [2.24, 2.45) is 0 Å². The van der Waals surface area contributed by atoms with E-state index in [1.165, 1.54) is 0 Å². The number of hydrogen-bond donors (Lipinski definition) is 0. The van der Waals surface area contributed by atoms with E-state index in [1.54, 1.807) is 24.3 Å². The molecule has 0 aromatic heterocycles. The molecule has 2 aromatic rings. The second kappa shape index (κ2) is 6.91. The molecule has 19 heavy (non-hydrogen) atoms. The highest BCUT2D eigenvalue weighted by molar-refractivity contribution is 7.34. The normalized spacial score (nSPS) is 9.37. The molecule has 2 rings (SSSR count). The maximum atomic E-state index is 11.7. The van der Waals surface area contributed by atoms with Crippen LogP contribution in [0.4, 0.5) is 0 Å². The van der Waals surface area contributed by atoms with Crippen LogP contribution in [0.5, 0.6) is 11.5 Å². The molecule has 0 N–H and O–H groups in total. The Morgan fingerprint density at radius 2 is 1.05 bits per heavy atom. The van der Waals surface area contributed by atoms with Crippen molar-refractivity contribution in [3.05, 3.63) is 59.7 Å². The summed E-state index contributed by atoms with van der Waals surface area (Å²) in [7, 11) is -2.20. The smallest absolute Gasteiger partial charge is 0.222 e. The van der Waals surface area contributed by atoms with Crippen LogP contribution in [0.15, 0.2) is 48.5 Å². The maximum Gasteiger partial charge on any atom is 0.805 e. The Hall–Kier alpha value is -1.86. The van der Waals surface area contributed by atoms with Crippen LogP contribution in [0.1, 0.15) is 18.6 Å². The Morgan fingerprint density at radius 1 is 0.737 bits per heavy atom. The van der Waals surface area contributed by atoms with Gasteiger partial charge in [0.05, 0.1) is 0 Å². The summed E-state index contributed by atoms with van der Waals surface area (Å²) in [5.41, 5.74) is 2.24. The van der Waals surface area contributed by atoms with Crippen molar-refractivity contribution in [2.75, 3.05) is 0 Å². The Labute approximate surface area is 115 Å². The predicted molar refractivity (Wildman–Crippen MR) is 78.0 cm³/mol. The average Bonchev–Trinajstić information content (AvgIpc) is 2.35.